The Bertz CT molecular complexity index is 386. The van der Waals surface area contributed by atoms with Crippen molar-refractivity contribution in [2.45, 2.75) is 20.8 Å². The maximum atomic E-state index is 12.0. The van der Waals surface area contributed by atoms with Crippen LogP contribution < -0.4 is 10.1 Å². The van der Waals surface area contributed by atoms with Crippen LogP contribution in [0.2, 0.25) is 0 Å². The van der Waals surface area contributed by atoms with Crippen LogP contribution in [0.5, 0.6) is 5.75 Å². The van der Waals surface area contributed by atoms with Crippen molar-refractivity contribution in [3.05, 3.63) is 29.3 Å². The van der Waals surface area contributed by atoms with Crippen molar-refractivity contribution in [1.29, 1.82) is 0 Å². The number of ketones is 1. The Labute approximate surface area is 103 Å². The van der Waals surface area contributed by atoms with Crippen LogP contribution >= 0.6 is 0 Å². The number of nitrogens with one attached hydrogen (secondary N) is 1. The van der Waals surface area contributed by atoms with Gasteiger partial charge in [0.15, 0.2) is 5.78 Å². The van der Waals surface area contributed by atoms with Gasteiger partial charge in [-0.15, -0.1) is 0 Å². The second kappa shape index (κ2) is 6.40. The highest BCUT2D eigenvalue weighted by Crippen LogP contribution is 2.19. The van der Waals surface area contributed by atoms with Crippen LogP contribution in [-0.4, -0.2) is 26.0 Å². The monoisotopic (exact) mass is 235 g/mol. The van der Waals surface area contributed by atoms with Crippen molar-refractivity contribution >= 4 is 5.78 Å². The first-order valence-corrected chi connectivity index (χ1v) is 5.93. The minimum Gasteiger partial charge on any atom is -0.496 e. The third-order valence-corrected chi connectivity index (χ3v) is 2.49. The summed E-state index contributed by atoms with van der Waals surface area (Å²) >= 11 is 0. The molecule has 0 bridgehead atoms. The molecule has 0 aromatic heterocycles. The number of benzene rings is 1. The van der Waals surface area contributed by atoms with E-state index in [2.05, 4.69) is 19.2 Å². The normalized spacial score (nSPS) is 10.6. The second-order valence-corrected chi connectivity index (χ2v) is 4.65. The molecule has 1 rings (SSSR count). The van der Waals surface area contributed by atoms with Gasteiger partial charge in [-0.3, -0.25) is 4.79 Å². The zero-order valence-electron chi connectivity index (χ0n) is 11.0. The fourth-order valence-corrected chi connectivity index (χ4v) is 1.61. The number of Topliss-reactive ketones (excluding diaryl/α,β-unsaturated/α-hetero) is 1. The minimum atomic E-state index is 0.0752. The molecule has 0 radical (unpaired) electrons. The molecule has 1 N–H and O–H groups in total. The van der Waals surface area contributed by atoms with E-state index in [1.54, 1.807) is 7.11 Å². The van der Waals surface area contributed by atoms with E-state index in [1.807, 2.05) is 25.1 Å². The first kappa shape index (κ1) is 13.7. The molecule has 0 spiro atoms. The van der Waals surface area contributed by atoms with Crippen LogP contribution in [0.15, 0.2) is 18.2 Å². The average molecular weight is 235 g/mol. The molecule has 0 saturated heterocycles. The van der Waals surface area contributed by atoms with Gasteiger partial charge in [0.25, 0.3) is 0 Å². The predicted molar refractivity (Wildman–Crippen MR) is 69.8 cm³/mol. The standard InChI is InChI=1S/C14H21NO2/c1-10(2)8-15-9-13(16)12-7-11(3)5-6-14(12)17-4/h5-7,10,15H,8-9H2,1-4H3. The molecular formula is C14H21NO2. The Hall–Kier alpha value is -1.35. The lowest BCUT2D eigenvalue weighted by molar-refractivity contribution is 0.0987. The maximum absolute atomic E-state index is 12.0. The molecule has 0 aliphatic rings. The van der Waals surface area contributed by atoms with E-state index in [4.69, 9.17) is 4.74 Å². The highest BCUT2D eigenvalue weighted by Gasteiger charge is 2.11. The fourth-order valence-electron chi connectivity index (χ4n) is 1.61. The van der Waals surface area contributed by atoms with Crippen LogP contribution in [0.25, 0.3) is 0 Å². The number of hydrogen-bond donors (Lipinski definition) is 1. The summed E-state index contributed by atoms with van der Waals surface area (Å²) in [6.45, 7) is 7.41. The Morgan fingerprint density at radius 1 is 1.41 bits per heavy atom. The van der Waals surface area contributed by atoms with E-state index < -0.39 is 0 Å². The summed E-state index contributed by atoms with van der Waals surface area (Å²) in [6.07, 6.45) is 0. The van der Waals surface area contributed by atoms with Crippen LogP contribution in [-0.2, 0) is 0 Å². The molecular weight excluding hydrogens is 214 g/mol. The summed E-state index contributed by atoms with van der Waals surface area (Å²) in [5, 5.41) is 3.15. The van der Waals surface area contributed by atoms with Gasteiger partial charge in [0.1, 0.15) is 5.75 Å². The third kappa shape index (κ3) is 4.19. The Kier molecular flexibility index (Phi) is 5.16. The van der Waals surface area contributed by atoms with E-state index in [1.165, 1.54) is 0 Å². The number of rotatable bonds is 6. The first-order chi connectivity index (χ1) is 8.04. The van der Waals surface area contributed by atoms with E-state index >= 15 is 0 Å². The molecule has 0 atom stereocenters. The second-order valence-electron chi connectivity index (χ2n) is 4.65. The summed E-state index contributed by atoms with van der Waals surface area (Å²) < 4.78 is 5.20. The van der Waals surface area contributed by atoms with Crippen LogP contribution in [0.3, 0.4) is 0 Å². The molecule has 3 nitrogen and oxygen atoms in total. The highest BCUT2D eigenvalue weighted by molar-refractivity contribution is 6.00. The Balaban J connectivity index is 2.70. The smallest absolute Gasteiger partial charge is 0.180 e. The summed E-state index contributed by atoms with van der Waals surface area (Å²) in [7, 11) is 1.59. The Morgan fingerprint density at radius 2 is 2.12 bits per heavy atom. The quantitative estimate of drug-likeness (QED) is 0.770. The van der Waals surface area contributed by atoms with Crippen molar-refractivity contribution in [2.75, 3.05) is 20.2 Å². The van der Waals surface area contributed by atoms with Gasteiger partial charge in [-0.25, -0.2) is 0 Å². The molecule has 94 valence electrons. The summed E-state index contributed by atoms with van der Waals surface area (Å²) in [5.41, 5.74) is 1.72. The lowest BCUT2D eigenvalue weighted by Crippen LogP contribution is -2.26. The van der Waals surface area contributed by atoms with Gasteiger partial charge in [0, 0.05) is 0 Å². The predicted octanol–water partition coefficient (Wildman–Crippen LogP) is 2.43. The van der Waals surface area contributed by atoms with E-state index in [9.17, 15) is 4.79 Å². The highest BCUT2D eigenvalue weighted by atomic mass is 16.5. The van der Waals surface area contributed by atoms with Crippen molar-refractivity contribution in [2.24, 2.45) is 5.92 Å². The number of carbonyl (C=O) groups excluding carboxylic acids is 1. The largest absolute Gasteiger partial charge is 0.496 e. The molecule has 0 aliphatic carbocycles. The van der Waals surface area contributed by atoms with E-state index in [0.717, 1.165) is 12.1 Å². The molecule has 17 heavy (non-hydrogen) atoms. The molecule has 0 amide bonds. The van der Waals surface area contributed by atoms with Crippen LogP contribution in [0, 0.1) is 12.8 Å². The number of hydrogen-bond acceptors (Lipinski definition) is 3. The number of ether oxygens (including phenoxy) is 1. The van der Waals surface area contributed by atoms with Gasteiger partial charge in [-0.05, 0) is 31.5 Å². The molecule has 0 heterocycles. The number of aryl methyl sites for hydroxylation is 1. The maximum Gasteiger partial charge on any atom is 0.180 e. The average Bonchev–Trinajstić information content (AvgIpc) is 2.28. The minimum absolute atomic E-state index is 0.0752. The molecule has 0 unspecified atom stereocenters. The summed E-state index contributed by atoms with van der Waals surface area (Å²) in [6, 6.07) is 5.65. The molecule has 0 aliphatic heterocycles. The van der Waals surface area contributed by atoms with E-state index in [0.29, 0.717) is 23.8 Å². The number of carbonyl (C=O) groups is 1. The van der Waals surface area contributed by atoms with Crippen LogP contribution in [0.1, 0.15) is 29.8 Å². The lowest BCUT2D eigenvalue weighted by Gasteiger charge is -2.10. The van der Waals surface area contributed by atoms with Crippen molar-refractivity contribution < 1.29 is 9.53 Å². The van der Waals surface area contributed by atoms with Crippen molar-refractivity contribution in [3.63, 3.8) is 0 Å². The zero-order valence-corrected chi connectivity index (χ0v) is 11.0. The zero-order chi connectivity index (χ0) is 12.8. The SMILES string of the molecule is COc1ccc(C)cc1C(=O)CNCC(C)C. The topological polar surface area (TPSA) is 38.3 Å². The summed E-state index contributed by atoms with van der Waals surface area (Å²) in [5.74, 6) is 1.26. The molecule has 0 saturated carbocycles. The molecule has 1 aromatic carbocycles. The fraction of sp³-hybridized carbons (Fsp3) is 0.500. The van der Waals surface area contributed by atoms with Crippen molar-refractivity contribution in [3.8, 4) is 5.75 Å². The van der Waals surface area contributed by atoms with E-state index in [-0.39, 0.29) is 5.78 Å². The molecule has 0 fully saturated rings. The summed E-state index contributed by atoms with van der Waals surface area (Å²) in [4.78, 5) is 12.0. The number of methoxy groups -OCH3 is 1. The molecule has 3 heteroatoms. The van der Waals surface area contributed by atoms with Gasteiger partial charge >= 0.3 is 0 Å². The molecule has 1 aromatic rings. The van der Waals surface area contributed by atoms with Crippen LogP contribution in [0.4, 0.5) is 0 Å². The lowest BCUT2D eigenvalue weighted by atomic mass is 10.1. The van der Waals surface area contributed by atoms with Crippen molar-refractivity contribution in [1.82, 2.24) is 5.32 Å². The van der Waals surface area contributed by atoms with Gasteiger partial charge < -0.3 is 10.1 Å². The Morgan fingerprint density at radius 3 is 2.71 bits per heavy atom. The van der Waals surface area contributed by atoms with Gasteiger partial charge in [0.2, 0.25) is 0 Å². The van der Waals surface area contributed by atoms with Gasteiger partial charge in [-0.1, -0.05) is 25.5 Å². The first-order valence-electron chi connectivity index (χ1n) is 5.93. The van der Waals surface area contributed by atoms with Gasteiger partial charge in [0.05, 0.1) is 19.2 Å². The van der Waals surface area contributed by atoms with Gasteiger partial charge in [-0.2, -0.15) is 0 Å². The third-order valence-electron chi connectivity index (χ3n) is 2.49.